The molecule has 2 aliphatic heterocycles. The number of nitrogens with zero attached hydrogens (tertiary/aromatic N) is 4. The predicted molar refractivity (Wildman–Crippen MR) is 123 cm³/mol. The third-order valence-electron chi connectivity index (χ3n) is 6.11. The van der Waals surface area contributed by atoms with E-state index in [0.717, 1.165) is 73.1 Å². The molecule has 162 valence electrons. The van der Waals surface area contributed by atoms with Gasteiger partial charge >= 0.3 is 0 Å². The van der Waals surface area contributed by atoms with Crippen LogP contribution in [0.3, 0.4) is 0 Å². The van der Waals surface area contributed by atoms with Gasteiger partial charge in [0.05, 0.1) is 23.4 Å². The monoisotopic (exact) mass is 437 g/mol. The van der Waals surface area contributed by atoms with Crippen LogP contribution < -0.4 is 10.2 Å². The van der Waals surface area contributed by atoms with Crippen molar-refractivity contribution in [2.24, 2.45) is 0 Å². The van der Waals surface area contributed by atoms with Gasteiger partial charge < -0.3 is 15.0 Å². The maximum atomic E-state index is 12.6. The molecule has 1 N–H and O–H groups in total. The van der Waals surface area contributed by atoms with Gasteiger partial charge in [-0.1, -0.05) is 17.4 Å². The van der Waals surface area contributed by atoms with Crippen LogP contribution in [-0.4, -0.2) is 66.2 Å². The van der Waals surface area contributed by atoms with E-state index in [0.29, 0.717) is 18.2 Å². The molecule has 0 radical (unpaired) electrons. The summed E-state index contributed by atoms with van der Waals surface area (Å²) < 4.78 is 6.54. The van der Waals surface area contributed by atoms with Crippen molar-refractivity contribution in [2.75, 3.05) is 44.3 Å². The zero-order valence-electron chi connectivity index (χ0n) is 17.5. The molecule has 0 spiro atoms. The first-order chi connectivity index (χ1) is 15.3. The number of carbonyl (C=O) groups excluding carboxylic acids is 1. The van der Waals surface area contributed by atoms with Crippen LogP contribution in [0.5, 0.6) is 0 Å². The molecule has 4 heterocycles. The summed E-state index contributed by atoms with van der Waals surface area (Å²) in [6.07, 6.45) is 5.82. The van der Waals surface area contributed by atoms with Crippen molar-refractivity contribution in [2.45, 2.75) is 25.4 Å². The van der Waals surface area contributed by atoms with Crippen molar-refractivity contribution in [3.05, 3.63) is 53.9 Å². The van der Waals surface area contributed by atoms with Gasteiger partial charge in [-0.25, -0.2) is 4.98 Å². The van der Waals surface area contributed by atoms with Gasteiger partial charge in [0.1, 0.15) is 0 Å². The summed E-state index contributed by atoms with van der Waals surface area (Å²) in [5, 5.41) is 4.03. The maximum Gasteiger partial charge on any atom is 0.251 e. The van der Waals surface area contributed by atoms with Gasteiger partial charge in [-0.05, 0) is 42.7 Å². The van der Waals surface area contributed by atoms with Crippen LogP contribution in [0.25, 0.3) is 10.2 Å². The fraction of sp³-hybridized carbons (Fsp3) is 0.435. The Bertz CT molecular complexity index is 1030. The number of carbonyl (C=O) groups is 1. The van der Waals surface area contributed by atoms with Gasteiger partial charge in [-0.3, -0.25) is 14.7 Å². The lowest BCUT2D eigenvalue weighted by Crippen LogP contribution is -2.49. The highest BCUT2D eigenvalue weighted by atomic mass is 32.1. The normalized spacial score (nSPS) is 18.4. The second kappa shape index (κ2) is 9.30. The summed E-state index contributed by atoms with van der Waals surface area (Å²) in [4.78, 5) is 26.5. The summed E-state index contributed by atoms with van der Waals surface area (Å²) in [6, 6.07) is 10.2. The zero-order valence-corrected chi connectivity index (χ0v) is 18.3. The Labute approximate surface area is 186 Å². The minimum Gasteiger partial charge on any atom is -0.379 e. The Balaban J connectivity index is 1.22. The Morgan fingerprint density at radius 1 is 1.16 bits per heavy atom. The van der Waals surface area contributed by atoms with Crippen molar-refractivity contribution < 1.29 is 9.53 Å². The lowest BCUT2D eigenvalue weighted by Gasteiger charge is -2.40. The summed E-state index contributed by atoms with van der Waals surface area (Å²) in [5.74, 6) is -0.0768. The van der Waals surface area contributed by atoms with Crippen molar-refractivity contribution in [3.63, 3.8) is 0 Å². The molecule has 3 aromatic rings. The number of rotatable bonds is 5. The van der Waals surface area contributed by atoms with Gasteiger partial charge in [-0.2, -0.15) is 0 Å². The highest BCUT2D eigenvalue weighted by Crippen LogP contribution is 2.32. The fourth-order valence-corrected chi connectivity index (χ4v) is 5.40. The van der Waals surface area contributed by atoms with Crippen LogP contribution >= 0.6 is 11.3 Å². The average Bonchev–Trinajstić information content (AvgIpc) is 3.27. The molecule has 2 aliphatic rings. The topological polar surface area (TPSA) is 70.6 Å². The third kappa shape index (κ3) is 4.71. The Morgan fingerprint density at radius 2 is 2.00 bits per heavy atom. The van der Waals surface area contributed by atoms with Crippen LogP contribution in [0, 0.1) is 0 Å². The summed E-state index contributed by atoms with van der Waals surface area (Å²) >= 11 is 1.68. The van der Waals surface area contributed by atoms with Crippen LogP contribution in [-0.2, 0) is 11.3 Å². The highest BCUT2D eigenvalue weighted by molar-refractivity contribution is 7.22. The number of fused-ring (bicyclic) bond motifs is 1. The van der Waals surface area contributed by atoms with Crippen LogP contribution in [0.1, 0.15) is 28.8 Å². The van der Waals surface area contributed by atoms with E-state index in [9.17, 15) is 4.79 Å². The molecule has 2 aromatic heterocycles. The molecule has 7 nitrogen and oxygen atoms in total. The lowest BCUT2D eigenvalue weighted by atomic mass is 10.0. The van der Waals surface area contributed by atoms with Crippen molar-refractivity contribution in [1.82, 2.24) is 20.2 Å². The molecule has 1 aromatic carbocycles. The first-order valence-corrected chi connectivity index (χ1v) is 11.7. The minimum atomic E-state index is -0.0768. The number of hydrogen-bond acceptors (Lipinski definition) is 7. The Morgan fingerprint density at radius 3 is 2.77 bits per heavy atom. The quantitative estimate of drug-likeness (QED) is 0.662. The summed E-state index contributed by atoms with van der Waals surface area (Å²) in [5.41, 5.74) is 2.61. The molecular weight excluding hydrogens is 410 g/mol. The fourth-order valence-electron chi connectivity index (χ4n) is 4.34. The molecule has 8 heteroatoms. The molecule has 0 bridgehead atoms. The molecule has 1 amide bonds. The zero-order chi connectivity index (χ0) is 21.0. The first kappa shape index (κ1) is 20.4. The molecule has 0 saturated carbocycles. The van der Waals surface area contributed by atoms with E-state index in [1.165, 1.54) is 0 Å². The standard InChI is InChI=1S/C23H27N5O2S/c29-22(25-16-17-2-1-7-24-15-17)18-3-4-20-21(14-18)31-23(26-20)28-8-5-19(6-9-28)27-10-12-30-13-11-27/h1-4,7,14-15,19H,5-6,8-13,16H2,(H,25,29). The number of ether oxygens (including phenoxy) is 1. The van der Waals surface area contributed by atoms with Crippen LogP contribution in [0.4, 0.5) is 5.13 Å². The number of aromatic nitrogens is 2. The summed E-state index contributed by atoms with van der Waals surface area (Å²) in [6.45, 7) is 6.35. The number of benzene rings is 1. The van der Waals surface area contributed by atoms with Crippen molar-refractivity contribution >= 4 is 32.6 Å². The molecule has 5 rings (SSSR count). The molecule has 0 aliphatic carbocycles. The average molecular weight is 438 g/mol. The molecule has 0 unspecified atom stereocenters. The largest absolute Gasteiger partial charge is 0.379 e. The SMILES string of the molecule is O=C(NCc1cccnc1)c1ccc2nc(N3CCC(N4CCOCC4)CC3)sc2c1. The van der Waals surface area contributed by atoms with Crippen LogP contribution in [0.2, 0.25) is 0 Å². The smallest absolute Gasteiger partial charge is 0.251 e. The number of piperidine rings is 1. The number of morpholine rings is 1. The number of pyridine rings is 1. The molecular formula is C23H27N5O2S. The number of hydrogen-bond donors (Lipinski definition) is 1. The minimum absolute atomic E-state index is 0.0768. The van der Waals surface area contributed by atoms with Crippen LogP contribution in [0.15, 0.2) is 42.7 Å². The molecule has 2 saturated heterocycles. The van der Waals surface area contributed by atoms with Gasteiger partial charge in [-0.15, -0.1) is 0 Å². The second-order valence-corrected chi connectivity index (χ2v) is 9.10. The van der Waals surface area contributed by atoms with Gasteiger partial charge in [0.2, 0.25) is 0 Å². The number of thiazole rings is 1. The Kier molecular flexibility index (Phi) is 6.11. The van der Waals surface area contributed by atoms with E-state index in [4.69, 9.17) is 9.72 Å². The molecule has 0 atom stereocenters. The van der Waals surface area contributed by atoms with Gasteiger partial charge in [0, 0.05) is 56.7 Å². The van der Waals surface area contributed by atoms with Crippen molar-refractivity contribution in [1.29, 1.82) is 0 Å². The molecule has 31 heavy (non-hydrogen) atoms. The van der Waals surface area contributed by atoms with E-state index < -0.39 is 0 Å². The van der Waals surface area contributed by atoms with E-state index >= 15 is 0 Å². The lowest BCUT2D eigenvalue weighted by molar-refractivity contribution is 0.0115. The number of anilines is 1. The van der Waals surface area contributed by atoms with E-state index in [1.807, 2.05) is 30.3 Å². The highest BCUT2D eigenvalue weighted by Gasteiger charge is 2.27. The van der Waals surface area contributed by atoms with E-state index in [-0.39, 0.29) is 5.91 Å². The van der Waals surface area contributed by atoms with Gasteiger partial charge in [0.15, 0.2) is 5.13 Å². The third-order valence-corrected chi connectivity index (χ3v) is 7.19. The number of nitrogens with one attached hydrogen (secondary N) is 1. The van der Waals surface area contributed by atoms with Crippen molar-refractivity contribution in [3.8, 4) is 0 Å². The van der Waals surface area contributed by atoms with E-state index in [2.05, 4.69) is 20.1 Å². The predicted octanol–water partition coefficient (Wildman–Crippen LogP) is 2.92. The maximum absolute atomic E-state index is 12.6. The van der Waals surface area contributed by atoms with E-state index in [1.54, 1.807) is 23.7 Å². The number of amides is 1. The first-order valence-electron chi connectivity index (χ1n) is 10.9. The van der Waals surface area contributed by atoms with Gasteiger partial charge in [0.25, 0.3) is 5.91 Å². The second-order valence-electron chi connectivity index (χ2n) is 8.09. The summed E-state index contributed by atoms with van der Waals surface area (Å²) in [7, 11) is 0. The molecule has 2 fully saturated rings. The Hall–Kier alpha value is -2.55.